The van der Waals surface area contributed by atoms with Gasteiger partial charge in [-0.05, 0) is 24.2 Å². The van der Waals surface area contributed by atoms with Crippen LogP contribution in [0.1, 0.15) is 60.3 Å². The second-order valence-electron chi connectivity index (χ2n) is 4.95. The van der Waals surface area contributed by atoms with E-state index in [0.29, 0.717) is 5.41 Å². The van der Waals surface area contributed by atoms with Crippen LogP contribution in [0, 0.1) is 11.3 Å². The molecule has 0 heterocycles. The Bertz CT molecular complexity index is 137. The summed E-state index contributed by atoms with van der Waals surface area (Å²) in [5.41, 5.74) is 0.428. The van der Waals surface area contributed by atoms with Crippen molar-refractivity contribution in [2.24, 2.45) is 11.3 Å². The first-order valence-electron chi connectivity index (χ1n) is 5.69. The minimum atomic E-state index is 0.428. The maximum Gasteiger partial charge on any atom is -0.0187 e. The van der Waals surface area contributed by atoms with Crippen molar-refractivity contribution in [1.82, 2.24) is 0 Å². The molecule has 0 bridgehead atoms. The van der Waals surface area contributed by atoms with Gasteiger partial charge in [0.25, 0.3) is 0 Å². The van der Waals surface area contributed by atoms with Gasteiger partial charge in [-0.3, -0.25) is 0 Å². The Morgan fingerprint density at radius 2 is 1.77 bits per heavy atom. The highest BCUT2D eigenvalue weighted by Crippen LogP contribution is 2.29. The highest BCUT2D eigenvalue weighted by molar-refractivity contribution is 4.93. The fraction of sp³-hybridized carbons (Fsp3) is 0.846. The zero-order chi connectivity index (χ0) is 10.3. The van der Waals surface area contributed by atoms with Crippen LogP contribution < -0.4 is 0 Å². The summed E-state index contributed by atoms with van der Waals surface area (Å²) in [6.45, 7) is 11.5. The van der Waals surface area contributed by atoms with Crippen LogP contribution >= 0.6 is 0 Å². The molecule has 0 saturated carbocycles. The lowest BCUT2D eigenvalue weighted by Crippen LogP contribution is -2.17. The summed E-state index contributed by atoms with van der Waals surface area (Å²) in [5.74, 6) is 0.740. The van der Waals surface area contributed by atoms with E-state index in [1.54, 1.807) is 0 Å². The third-order valence-electron chi connectivity index (χ3n) is 2.64. The quantitative estimate of drug-likeness (QED) is 0.423. The molecule has 0 spiro atoms. The molecule has 0 radical (unpaired) electrons. The largest absolute Gasteiger partial charge is 0.0882 e. The predicted octanol–water partition coefficient (Wildman–Crippen LogP) is 4.81. The molecular weight excluding hydrogens is 156 g/mol. The fourth-order valence-electron chi connectivity index (χ4n) is 1.62. The van der Waals surface area contributed by atoms with Crippen molar-refractivity contribution in [2.75, 3.05) is 0 Å². The van der Waals surface area contributed by atoms with Gasteiger partial charge in [0.05, 0.1) is 0 Å². The molecule has 0 saturated heterocycles. The molecule has 1 atom stereocenters. The first kappa shape index (κ1) is 12.7. The van der Waals surface area contributed by atoms with Crippen molar-refractivity contribution in [2.45, 2.75) is 60.3 Å². The van der Waals surface area contributed by atoms with Crippen LogP contribution in [0.15, 0.2) is 12.2 Å². The molecule has 78 valence electrons. The number of rotatable bonds is 5. The van der Waals surface area contributed by atoms with E-state index >= 15 is 0 Å². The van der Waals surface area contributed by atoms with Crippen LogP contribution in [-0.2, 0) is 0 Å². The monoisotopic (exact) mass is 182 g/mol. The molecule has 1 unspecified atom stereocenters. The Hall–Kier alpha value is -0.260. The van der Waals surface area contributed by atoms with Gasteiger partial charge >= 0.3 is 0 Å². The molecule has 0 aromatic heterocycles. The summed E-state index contributed by atoms with van der Waals surface area (Å²) in [4.78, 5) is 0. The lowest BCUT2D eigenvalue weighted by Gasteiger charge is -2.26. The smallest absolute Gasteiger partial charge is 0.0187 e. The summed E-state index contributed by atoms with van der Waals surface area (Å²) >= 11 is 0. The molecule has 0 heteroatoms. The van der Waals surface area contributed by atoms with Gasteiger partial charge in [-0.1, -0.05) is 59.6 Å². The summed E-state index contributed by atoms with van der Waals surface area (Å²) < 4.78 is 0. The van der Waals surface area contributed by atoms with Crippen LogP contribution in [0.2, 0.25) is 0 Å². The Labute approximate surface area is 84.4 Å². The molecule has 0 aliphatic rings. The van der Waals surface area contributed by atoms with Gasteiger partial charge in [-0.2, -0.15) is 0 Å². The topological polar surface area (TPSA) is 0 Å². The summed E-state index contributed by atoms with van der Waals surface area (Å²) in [6.07, 6.45) is 9.92. The van der Waals surface area contributed by atoms with E-state index in [0.717, 1.165) is 5.92 Å². The lowest BCUT2D eigenvalue weighted by atomic mass is 9.79. The van der Waals surface area contributed by atoms with E-state index in [4.69, 9.17) is 0 Å². The zero-order valence-electron chi connectivity index (χ0n) is 10.1. The van der Waals surface area contributed by atoms with Crippen LogP contribution in [0.25, 0.3) is 0 Å². The molecule has 0 aliphatic heterocycles. The fourth-order valence-corrected chi connectivity index (χ4v) is 1.62. The standard InChI is InChI=1S/C13H26/c1-6-8-9-10-11-12(7-2)13(3,4)5/h10-12H,6-9H2,1-5H3. The van der Waals surface area contributed by atoms with Gasteiger partial charge in [-0.25, -0.2) is 0 Å². The second-order valence-corrected chi connectivity index (χ2v) is 4.95. The van der Waals surface area contributed by atoms with Gasteiger partial charge in [0.15, 0.2) is 0 Å². The molecular formula is C13H26. The van der Waals surface area contributed by atoms with Gasteiger partial charge in [0, 0.05) is 0 Å². The van der Waals surface area contributed by atoms with Gasteiger partial charge < -0.3 is 0 Å². The van der Waals surface area contributed by atoms with Crippen molar-refractivity contribution in [1.29, 1.82) is 0 Å². The average molecular weight is 182 g/mol. The Morgan fingerprint density at radius 1 is 1.15 bits per heavy atom. The number of hydrogen-bond donors (Lipinski definition) is 0. The molecule has 0 aromatic rings. The third-order valence-corrected chi connectivity index (χ3v) is 2.64. The van der Waals surface area contributed by atoms with Crippen LogP contribution in [0.3, 0.4) is 0 Å². The molecule has 0 fully saturated rings. The summed E-state index contributed by atoms with van der Waals surface area (Å²) in [6, 6.07) is 0. The highest BCUT2D eigenvalue weighted by atomic mass is 14.2. The Balaban J connectivity index is 3.91. The van der Waals surface area contributed by atoms with E-state index in [9.17, 15) is 0 Å². The van der Waals surface area contributed by atoms with Gasteiger partial charge in [0.2, 0.25) is 0 Å². The number of allylic oxidation sites excluding steroid dienone is 2. The summed E-state index contributed by atoms with van der Waals surface area (Å²) in [7, 11) is 0. The number of hydrogen-bond acceptors (Lipinski definition) is 0. The first-order valence-corrected chi connectivity index (χ1v) is 5.69. The van der Waals surface area contributed by atoms with E-state index in [1.165, 1.54) is 25.7 Å². The molecule has 0 rings (SSSR count). The molecule has 0 aliphatic carbocycles. The van der Waals surface area contributed by atoms with Crippen molar-refractivity contribution >= 4 is 0 Å². The van der Waals surface area contributed by atoms with Crippen LogP contribution in [0.5, 0.6) is 0 Å². The number of unbranched alkanes of at least 4 members (excludes halogenated alkanes) is 2. The van der Waals surface area contributed by atoms with Crippen molar-refractivity contribution in [3.05, 3.63) is 12.2 Å². The van der Waals surface area contributed by atoms with Crippen molar-refractivity contribution < 1.29 is 0 Å². The van der Waals surface area contributed by atoms with Crippen LogP contribution in [-0.4, -0.2) is 0 Å². The molecule has 13 heavy (non-hydrogen) atoms. The van der Waals surface area contributed by atoms with Crippen molar-refractivity contribution in [3.63, 3.8) is 0 Å². The molecule has 0 aromatic carbocycles. The summed E-state index contributed by atoms with van der Waals surface area (Å²) in [5, 5.41) is 0. The normalized spacial score (nSPS) is 15.2. The van der Waals surface area contributed by atoms with Gasteiger partial charge in [0.1, 0.15) is 0 Å². The first-order chi connectivity index (χ1) is 6.02. The average Bonchev–Trinajstić information content (AvgIpc) is 2.02. The predicted molar refractivity (Wildman–Crippen MR) is 61.9 cm³/mol. The van der Waals surface area contributed by atoms with Crippen molar-refractivity contribution in [3.8, 4) is 0 Å². The Kier molecular flexibility index (Phi) is 6.11. The molecule has 0 N–H and O–H groups in total. The minimum absolute atomic E-state index is 0.428. The molecule has 0 amide bonds. The maximum absolute atomic E-state index is 2.41. The third kappa shape index (κ3) is 5.90. The maximum atomic E-state index is 2.41. The zero-order valence-corrected chi connectivity index (χ0v) is 10.1. The lowest BCUT2D eigenvalue weighted by molar-refractivity contribution is 0.285. The highest BCUT2D eigenvalue weighted by Gasteiger charge is 2.19. The minimum Gasteiger partial charge on any atom is -0.0882 e. The van der Waals surface area contributed by atoms with Gasteiger partial charge in [-0.15, -0.1) is 0 Å². The Morgan fingerprint density at radius 3 is 2.15 bits per heavy atom. The second kappa shape index (κ2) is 6.23. The van der Waals surface area contributed by atoms with E-state index < -0.39 is 0 Å². The van der Waals surface area contributed by atoms with Crippen LogP contribution in [0.4, 0.5) is 0 Å². The SMILES string of the molecule is CCCCC=CC(CC)C(C)(C)C. The molecule has 0 nitrogen and oxygen atoms in total. The van der Waals surface area contributed by atoms with E-state index in [1.807, 2.05) is 0 Å². The van der Waals surface area contributed by atoms with E-state index in [2.05, 4.69) is 46.8 Å². The van der Waals surface area contributed by atoms with E-state index in [-0.39, 0.29) is 0 Å².